The van der Waals surface area contributed by atoms with Gasteiger partial charge in [-0.3, -0.25) is 9.69 Å². The third-order valence-electron chi connectivity index (χ3n) is 5.80. The first-order chi connectivity index (χ1) is 14.3. The summed E-state index contributed by atoms with van der Waals surface area (Å²) in [5, 5.41) is 10.0. The number of carbonyl (C=O) groups excluding carboxylic acids is 1. The Morgan fingerprint density at radius 1 is 1.40 bits per heavy atom. The maximum Gasteiger partial charge on any atom is 0.230 e. The van der Waals surface area contributed by atoms with Gasteiger partial charge in [0, 0.05) is 31.6 Å². The van der Waals surface area contributed by atoms with Gasteiger partial charge in [0.05, 0.1) is 24.1 Å². The first kappa shape index (κ1) is 21.6. The lowest BCUT2D eigenvalue weighted by Crippen LogP contribution is -2.41. The van der Waals surface area contributed by atoms with Gasteiger partial charge < -0.3 is 9.88 Å². The van der Waals surface area contributed by atoms with Crippen molar-refractivity contribution >= 4 is 44.4 Å². The van der Waals surface area contributed by atoms with Gasteiger partial charge in [0.1, 0.15) is 5.82 Å². The van der Waals surface area contributed by atoms with Crippen LogP contribution in [0.3, 0.4) is 0 Å². The van der Waals surface area contributed by atoms with E-state index in [1.54, 1.807) is 10.9 Å². The van der Waals surface area contributed by atoms with Crippen molar-refractivity contribution < 1.29 is 13.2 Å². The summed E-state index contributed by atoms with van der Waals surface area (Å²) in [5.41, 5.74) is 0. The third-order valence-corrected chi connectivity index (χ3v) is 8.81. The number of thiazole rings is 1. The molecule has 4 rings (SSSR count). The standard InChI is InChI=1S/C18H26N6O3S3/c1-22-15(9-13-4-8-30(26,27)11-13)21-24(18(22)28)12-23-6-2-3-14(10-23)16(25)20-17-19-5-7-29-17/h5,7,13-14H,2-4,6,8-12H2,1H3,(H,19,20,25). The summed E-state index contributed by atoms with van der Waals surface area (Å²) in [4.78, 5) is 18.9. The van der Waals surface area contributed by atoms with Crippen molar-refractivity contribution in [2.45, 2.75) is 32.4 Å². The number of hydrogen-bond donors (Lipinski definition) is 1. The molecule has 0 radical (unpaired) electrons. The van der Waals surface area contributed by atoms with Crippen molar-refractivity contribution in [3.8, 4) is 0 Å². The molecule has 12 heteroatoms. The molecule has 0 spiro atoms. The highest BCUT2D eigenvalue weighted by Gasteiger charge is 2.30. The van der Waals surface area contributed by atoms with Crippen molar-refractivity contribution in [3.05, 3.63) is 22.2 Å². The highest BCUT2D eigenvalue weighted by molar-refractivity contribution is 7.91. The summed E-state index contributed by atoms with van der Waals surface area (Å²) in [7, 11) is -1.03. The Hall–Kier alpha value is -1.63. The molecule has 2 aromatic heterocycles. The van der Waals surface area contributed by atoms with Crippen molar-refractivity contribution in [1.29, 1.82) is 0 Å². The molecule has 164 valence electrons. The van der Waals surface area contributed by atoms with E-state index < -0.39 is 9.84 Å². The second-order valence-electron chi connectivity index (χ2n) is 8.11. The number of nitrogens with zero attached hydrogens (tertiary/aromatic N) is 5. The summed E-state index contributed by atoms with van der Waals surface area (Å²) in [5.74, 6) is 1.33. The zero-order valence-corrected chi connectivity index (χ0v) is 19.3. The fraction of sp³-hybridized carbons (Fsp3) is 0.667. The maximum atomic E-state index is 12.6. The monoisotopic (exact) mass is 470 g/mol. The molecule has 2 saturated heterocycles. The van der Waals surface area contributed by atoms with Crippen molar-refractivity contribution in [2.75, 3.05) is 29.9 Å². The number of aromatic nitrogens is 4. The summed E-state index contributed by atoms with van der Waals surface area (Å²) >= 11 is 6.97. The summed E-state index contributed by atoms with van der Waals surface area (Å²) in [6.45, 7) is 2.05. The van der Waals surface area contributed by atoms with Gasteiger partial charge in [-0.1, -0.05) is 0 Å². The third kappa shape index (κ3) is 4.98. The molecular formula is C18H26N6O3S3. The minimum Gasteiger partial charge on any atom is -0.307 e. The number of anilines is 1. The zero-order chi connectivity index (χ0) is 21.3. The molecule has 9 nitrogen and oxygen atoms in total. The van der Waals surface area contributed by atoms with E-state index in [9.17, 15) is 13.2 Å². The van der Waals surface area contributed by atoms with Gasteiger partial charge in [0.2, 0.25) is 5.91 Å². The SMILES string of the molecule is Cn1c(CC2CCS(=O)(=O)C2)nn(CN2CCCC(C(=O)Nc3nccs3)C2)c1=S. The van der Waals surface area contributed by atoms with Gasteiger partial charge in [-0.2, -0.15) is 5.10 Å². The van der Waals surface area contributed by atoms with Crippen LogP contribution in [0.25, 0.3) is 0 Å². The lowest BCUT2D eigenvalue weighted by Gasteiger charge is -2.31. The number of carbonyl (C=O) groups is 1. The van der Waals surface area contributed by atoms with Crippen LogP contribution >= 0.6 is 23.6 Å². The van der Waals surface area contributed by atoms with Crippen LogP contribution in [-0.2, 0) is 34.8 Å². The summed E-state index contributed by atoms with van der Waals surface area (Å²) < 4.78 is 27.8. The first-order valence-electron chi connectivity index (χ1n) is 10.1. The van der Waals surface area contributed by atoms with Gasteiger partial charge in [0.25, 0.3) is 0 Å². The quantitative estimate of drug-likeness (QED) is 0.641. The van der Waals surface area contributed by atoms with Gasteiger partial charge >= 0.3 is 0 Å². The highest BCUT2D eigenvalue weighted by Crippen LogP contribution is 2.23. The first-order valence-corrected chi connectivity index (χ1v) is 13.2. The van der Waals surface area contributed by atoms with Crippen molar-refractivity contribution in [2.24, 2.45) is 18.9 Å². The van der Waals surface area contributed by atoms with Crippen molar-refractivity contribution in [3.63, 3.8) is 0 Å². The van der Waals surface area contributed by atoms with E-state index in [1.807, 2.05) is 17.0 Å². The summed E-state index contributed by atoms with van der Waals surface area (Å²) in [6.07, 6.45) is 4.76. The molecular weight excluding hydrogens is 444 g/mol. The predicted molar refractivity (Wildman–Crippen MR) is 118 cm³/mol. The number of sulfone groups is 1. The Morgan fingerprint density at radius 2 is 2.23 bits per heavy atom. The number of nitrogens with one attached hydrogen (secondary N) is 1. The maximum absolute atomic E-state index is 12.6. The molecule has 2 fully saturated rings. The Balaban J connectivity index is 1.39. The van der Waals surface area contributed by atoms with Crippen LogP contribution in [0.15, 0.2) is 11.6 Å². The van der Waals surface area contributed by atoms with E-state index in [0.717, 1.165) is 25.2 Å². The smallest absolute Gasteiger partial charge is 0.230 e. The van der Waals surface area contributed by atoms with Crippen LogP contribution in [-0.4, -0.2) is 63.2 Å². The molecule has 0 aliphatic carbocycles. The van der Waals surface area contributed by atoms with E-state index in [4.69, 9.17) is 12.2 Å². The fourth-order valence-electron chi connectivity index (χ4n) is 4.17. The van der Waals surface area contributed by atoms with E-state index in [-0.39, 0.29) is 29.2 Å². The van der Waals surface area contributed by atoms with E-state index in [2.05, 4.69) is 20.3 Å². The number of amides is 1. The minimum absolute atomic E-state index is 0.00222. The molecule has 0 aromatic carbocycles. The van der Waals surface area contributed by atoms with Crippen LogP contribution in [0, 0.1) is 16.6 Å². The molecule has 2 aliphatic rings. The largest absolute Gasteiger partial charge is 0.307 e. The lowest BCUT2D eigenvalue weighted by molar-refractivity contribution is -0.121. The van der Waals surface area contributed by atoms with E-state index >= 15 is 0 Å². The number of likely N-dealkylation sites (tertiary alicyclic amines) is 1. The molecule has 2 aliphatic heterocycles. The molecule has 2 unspecified atom stereocenters. The molecule has 1 amide bonds. The van der Waals surface area contributed by atoms with Gasteiger partial charge in [0.15, 0.2) is 19.7 Å². The summed E-state index contributed by atoms with van der Waals surface area (Å²) in [6, 6.07) is 0. The Labute approximate surface area is 185 Å². The van der Waals surface area contributed by atoms with Crippen LogP contribution in [0.2, 0.25) is 0 Å². The van der Waals surface area contributed by atoms with Gasteiger partial charge in [-0.25, -0.2) is 18.1 Å². The number of hydrogen-bond acceptors (Lipinski definition) is 8. The average Bonchev–Trinajstić information content (AvgIpc) is 3.40. The van der Waals surface area contributed by atoms with Gasteiger partial charge in [-0.15, -0.1) is 11.3 Å². The average molecular weight is 471 g/mol. The van der Waals surface area contributed by atoms with Crippen LogP contribution in [0.1, 0.15) is 25.1 Å². The van der Waals surface area contributed by atoms with Crippen LogP contribution in [0.5, 0.6) is 0 Å². The molecule has 0 saturated carbocycles. The van der Waals surface area contributed by atoms with Crippen molar-refractivity contribution in [1.82, 2.24) is 24.2 Å². The minimum atomic E-state index is -2.91. The van der Waals surface area contributed by atoms with E-state index in [0.29, 0.717) is 36.0 Å². The van der Waals surface area contributed by atoms with Gasteiger partial charge in [-0.05, 0) is 43.9 Å². The Kier molecular flexibility index (Phi) is 6.37. The van der Waals surface area contributed by atoms with Crippen LogP contribution < -0.4 is 5.32 Å². The molecule has 30 heavy (non-hydrogen) atoms. The second-order valence-corrected chi connectivity index (χ2v) is 11.6. The lowest BCUT2D eigenvalue weighted by atomic mass is 9.97. The zero-order valence-electron chi connectivity index (χ0n) is 16.9. The fourth-order valence-corrected chi connectivity index (χ4v) is 6.77. The molecule has 4 heterocycles. The van der Waals surface area contributed by atoms with Crippen LogP contribution in [0.4, 0.5) is 5.13 Å². The molecule has 2 aromatic rings. The predicted octanol–water partition coefficient (Wildman–Crippen LogP) is 1.69. The Morgan fingerprint density at radius 3 is 2.93 bits per heavy atom. The topological polar surface area (TPSA) is 102 Å². The number of rotatable bonds is 6. The normalized spacial score (nSPS) is 24.2. The molecule has 2 atom stereocenters. The molecule has 1 N–H and O–H groups in total. The van der Waals surface area contributed by atoms with E-state index in [1.165, 1.54) is 11.3 Å². The second kappa shape index (κ2) is 8.85. The molecule has 0 bridgehead atoms. The highest BCUT2D eigenvalue weighted by atomic mass is 32.2. The number of piperidine rings is 1. The Bertz CT molecular complexity index is 1060.